The Kier molecular flexibility index (Phi) is 2.62. The number of fused-ring (bicyclic) bond motifs is 3. The zero-order valence-corrected chi connectivity index (χ0v) is 10.6. The lowest BCUT2D eigenvalue weighted by atomic mass is 9.99. The normalized spacial score (nSPS) is 26.8. The molecular formula is C13H17NO2S. The maximum absolute atomic E-state index is 12.2. The maximum atomic E-state index is 12.2. The Morgan fingerprint density at radius 2 is 1.94 bits per heavy atom. The van der Waals surface area contributed by atoms with E-state index in [1.807, 2.05) is 18.2 Å². The number of hydrogen-bond acceptors (Lipinski definition) is 3. The van der Waals surface area contributed by atoms with Crippen LogP contribution in [-0.4, -0.2) is 26.8 Å². The monoisotopic (exact) mass is 251 g/mol. The van der Waals surface area contributed by atoms with Crippen LogP contribution < -0.4 is 4.90 Å². The first kappa shape index (κ1) is 11.1. The fraction of sp³-hybridized carbons (Fsp3) is 0.538. The van der Waals surface area contributed by atoms with Crippen molar-refractivity contribution in [1.82, 2.24) is 0 Å². The molecule has 92 valence electrons. The van der Waals surface area contributed by atoms with E-state index in [2.05, 4.69) is 4.90 Å². The summed E-state index contributed by atoms with van der Waals surface area (Å²) >= 11 is 0. The van der Waals surface area contributed by atoms with Crippen LogP contribution in [0.1, 0.15) is 25.7 Å². The van der Waals surface area contributed by atoms with Crippen molar-refractivity contribution in [2.45, 2.75) is 36.6 Å². The lowest BCUT2D eigenvalue weighted by Gasteiger charge is -2.36. The van der Waals surface area contributed by atoms with Gasteiger partial charge in [-0.1, -0.05) is 12.1 Å². The van der Waals surface area contributed by atoms with Crippen molar-refractivity contribution >= 4 is 15.5 Å². The molecule has 1 fully saturated rings. The van der Waals surface area contributed by atoms with E-state index in [9.17, 15) is 8.42 Å². The third kappa shape index (κ3) is 1.84. The average molecular weight is 251 g/mol. The number of hydrogen-bond donors (Lipinski definition) is 0. The second-order valence-electron chi connectivity index (χ2n) is 4.92. The van der Waals surface area contributed by atoms with E-state index in [1.54, 1.807) is 6.07 Å². The van der Waals surface area contributed by atoms with Gasteiger partial charge in [0.25, 0.3) is 0 Å². The Bertz CT molecular complexity index is 524. The first-order valence-electron chi connectivity index (χ1n) is 6.27. The summed E-state index contributed by atoms with van der Waals surface area (Å²) in [5.41, 5.74) is 0.926. The summed E-state index contributed by atoms with van der Waals surface area (Å²) in [6.45, 7) is 0.997. The quantitative estimate of drug-likeness (QED) is 0.709. The molecule has 2 aliphatic rings. The molecule has 4 heteroatoms. The predicted molar refractivity (Wildman–Crippen MR) is 68.1 cm³/mol. The standard InChI is InChI=1S/C13H17NO2S/c15-17(16)10-8-11-5-3-4-9-14(11)12-6-1-2-7-13(12)17/h1-2,6-7,11H,3-5,8-10H2/t11-/m1/s1. The molecule has 3 rings (SSSR count). The average Bonchev–Trinajstić information content (AvgIpc) is 2.47. The van der Waals surface area contributed by atoms with Crippen LogP contribution in [0.5, 0.6) is 0 Å². The molecule has 1 atom stereocenters. The van der Waals surface area contributed by atoms with E-state index in [-0.39, 0.29) is 0 Å². The minimum absolute atomic E-state index is 0.297. The molecule has 1 saturated heterocycles. The largest absolute Gasteiger partial charge is 0.367 e. The van der Waals surface area contributed by atoms with Gasteiger partial charge in [0.1, 0.15) is 0 Å². The van der Waals surface area contributed by atoms with Crippen LogP contribution in [0.15, 0.2) is 29.2 Å². The highest BCUT2D eigenvalue weighted by Crippen LogP contribution is 2.35. The molecule has 3 nitrogen and oxygen atoms in total. The van der Waals surface area contributed by atoms with Crippen LogP contribution in [0.2, 0.25) is 0 Å². The number of rotatable bonds is 0. The second kappa shape index (κ2) is 4.02. The highest BCUT2D eigenvalue weighted by molar-refractivity contribution is 7.91. The first-order chi connectivity index (χ1) is 8.18. The zero-order chi connectivity index (χ0) is 11.9. The van der Waals surface area contributed by atoms with Gasteiger partial charge in [-0.2, -0.15) is 0 Å². The molecule has 0 N–H and O–H groups in total. The van der Waals surface area contributed by atoms with Crippen molar-refractivity contribution in [3.63, 3.8) is 0 Å². The number of sulfone groups is 1. The van der Waals surface area contributed by atoms with Crippen LogP contribution in [0.3, 0.4) is 0 Å². The van der Waals surface area contributed by atoms with Crippen LogP contribution in [0.25, 0.3) is 0 Å². The van der Waals surface area contributed by atoms with Crippen LogP contribution in [0, 0.1) is 0 Å². The molecule has 0 radical (unpaired) electrons. The molecule has 2 aliphatic heterocycles. The molecular weight excluding hydrogens is 234 g/mol. The molecule has 0 spiro atoms. The van der Waals surface area contributed by atoms with Crippen molar-refractivity contribution in [1.29, 1.82) is 0 Å². The highest BCUT2D eigenvalue weighted by Gasteiger charge is 2.32. The topological polar surface area (TPSA) is 37.4 Å². The van der Waals surface area contributed by atoms with Gasteiger partial charge in [-0.25, -0.2) is 8.42 Å². The van der Waals surface area contributed by atoms with E-state index < -0.39 is 9.84 Å². The number of piperidine rings is 1. The third-order valence-electron chi connectivity index (χ3n) is 3.86. The van der Waals surface area contributed by atoms with Crippen molar-refractivity contribution < 1.29 is 8.42 Å². The fourth-order valence-electron chi connectivity index (χ4n) is 2.98. The van der Waals surface area contributed by atoms with Gasteiger partial charge in [0, 0.05) is 12.6 Å². The number of benzene rings is 1. The lowest BCUT2D eigenvalue weighted by Crippen LogP contribution is -2.39. The summed E-state index contributed by atoms with van der Waals surface area (Å²) < 4.78 is 24.4. The summed E-state index contributed by atoms with van der Waals surface area (Å²) in [4.78, 5) is 2.84. The Morgan fingerprint density at radius 1 is 1.12 bits per heavy atom. The minimum atomic E-state index is -3.08. The Balaban J connectivity index is 2.15. The molecule has 2 heterocycles. The van der Waals surface area contributed by atoms with Crippen LogP contribution in [0.4, 0.5) is 5.69 Å². The van der Waals surface area contributed by atoms with Gasteiger partial charge >= 0.3 is 0 Å². The zero-order valence-electron chi connectivity index (χ0n) is 9.80. The summed E-state index contributed by atoms with van der Waals surface area (Å²) in [6, 6.07) is 7.88. The molecule has 0 saturated carbocycles. The maximum Gasteiger partial charge on any atom is 0.180 e. The van der Waals surface area contributed by atoms with Gasteiger partial charge in [0.15, 0.2) is 9.84 Å². The Labute approximate surface area is 102 Å². The van der Waals surface area contributed by atoms with Crippen LogP contribution in [-0.2, 0) is 9.84 Å². The van der Waals surface area contributed by atoms with Gasteiger partial charge in [-0.05, 0) is 37.8 Å². The molecule has 0 unspecified atom stereocenters. The van der Waals surface area contributed by atoms with Crippen molar-refractivity contribution in [2.24, 2.45) is 0 Å². The Hall–Kier alpha value is -1.03. The van der Waals surface area contributed by atoms with Crippen LogP contribution >= 0.6 is 0 Å². The van der Waals surface area contributed by atoms with E-state index in [1.165, 1.54) is 12.8 Å². The molecule has 0 aliphatic carbocycles. The fourth-order valence-corrected chi connectivity index (χ4v) is 4.57. The minimum Gasteiger partial charge on any atom is -0.367 e. The van der Waals surface area contributed by atoms with Gasteiger partial charge in [-0.3, -0.25) is 0 Å². The summed E-state index contributed by atoms with van der Waals surface area (Å²) in [7, 11) is -3.08. The number of nitrogens with zero attached hydrogens (tertiary/aromatic N) is 1. The summed E-state index contributed by atoms with van der Waals surface area (Å²) in [5, 5.41) is 0. The molecule has 0 bridgehead atoms. The van der Waals surface area contributed by atoms with Gasteiger partial charge < -0.3 is 4.90 Å². The third-order valence-corrected chi connectivity index (χ3v) is 5.65. The van der Waals surface area contributed by atoms with E-state index >= 15 is 0 Å². The van der Waals surface area contributed by atoms with E-state index in [0.29, 0.717) is 16.7 Å². The van der Waals surface area contributed by atoms with Crippen molar-refractivity contribution in [2.75, 3.05) is 17.2 Å². The summed E-state index contributed by atoms with van der Waals surface area (Å²) in [6.07, 6.45) is 4.30. The smallest absolute Gasteiger partial charge is 0.180 e. The summed E-state index contributed by atoms with van der Waals surface area (Å²) in [5.74, 6) is 0.297. The molecule has 1 aromatic carbocycles. The van der Waals surface area contributed by atoms with Gasteiger partial charge in [0.05, 0.1) is 16.3 Å². The Morgan fingerprint density at radius 3 is 2.82 bits per heavy atom. The first-order valence-corrected chi connectivity index (χ1v) is 7.92. The molecule has 1 aromatic rings. The SMILES string of the molecule is O=S1(=O)CC[C@H]2CCCCN2c2ccccc21. The number of para-hydroxylation sites is 1. The van der Waals surface area contributed by atoms with Gasteiger partial charge in [0.2, 0.25) is 0 Å². The predicted octanol–water partition coefficient (Wildman–Crippen LogP) is 2.22. The molecule has 17 heavy (non-hydrogen) atoms. The van der Waals surface area contributed by atoms with Crippen molar-refractivity contribution in [3.8, 4) is 0 Å². The lowest BCUT2D eigenvalue weighted by molar-refractivity contribution is 0.451. The van der Waals surface area contributed by atoms with E-state index in [4.69, 9.17) is 0 Å². The molecule has 0 amide bonds. The second-order valence-corrected chi connectivity index (χ2v) is 7.00. The highest BCUT2D eigenvalue weighted by atomic mass is 32.2. The van der Waals surface area contributed by atoms with Gasteiger partial charge in [-0.15, -0.1) is 0 Å². The number of anilines is 1. The van der Waals surface area contributed by atoms with Crippen molar-refractivity contribution in [3.05, 3.63) is 24.3 Å². The molecule has 0 aromatic heterocycles. The van der Waals surface area contributed by atoms with E-state index in [0.717, 1.165) is 25.1 Å².